The van der Waals surface area contributed by atoms with Gasteiger partial charge in [-0.05, 0) is 31.2 Å². The van der Waals surface area contributed by atoms with E-state index in [1.165, 1.54) is 0 Å². The molecular weight excluding hydrogens is 294 g/mol. The highest BCUT2D eigenvalue weighted by Crippen LogP contribution is 2.12. The molecule has 1 amide bonds. The van der Waals surface area contributed by atoms with E-state index in [1.807, 2.05) is 25.1 Å². The van der Waals surface area contributed by atoms with Crippen molar-refractivity contribution in [1.29, 1.82) is 0 Å². The molecule has 0 bridgehead atoms. The zero-order valence-corrected chi connectivity index (χ0v) is 12.7. The highest BCUT2D eigenvalue weighted by molar-refractivity contribution is 5.77. The predicted molar refractivity (Wildman–Crippen MR) is 86.0 cm³/mol. The van der Waals surface area contributed by atoms with Gasteiger partial charge in [0.1, 0.15) is 11.5 Å². The number of fused-ring (bicyclic) bond motifs is 1. The SMILES string of the molecule is CC(NC(=O)CCc1nc2ccccc2[nH]c1=O)c1ccco1. The Kier molecular flexibility index (Phi) is 4.23. The Morgan fingerprint density at radius 1 is 1.30 bits per heavy atom. The van der Waals surface area contributed by atoms with Gasteiger partial charge >= 0.3 is 0 Å². The predicted octanol–water partition coefficient (Wildman–Crippen LogP) is 2.33. The summed E-state index contributed by atoms with van der Waals surface area (Å²) in [4.78, 5) is 31.1. The van der Waals surface area contributed by atoms with Crippen LogP contribution in [-0.2, 0) is 11.2 Å². The third-order valence-corrected chi connectivity index (χ3v) is 3.61. The molecular formula is C17H17N3O3. The van der Waals surface area contributed by atoms with Crippen LogP contribution in [0.3, 0.4) is 0 Å². The number of hydrogen-bond donors (Lipinski definition) is 2. The fourth-order valence-corrected chi connectivity index (χ4v) is 2.39. The fourth-order valence-electron chi connectivity index (χ4n) is 2.39. The minimum absolute atomic E-state index is 0.150. The first-order valence-electron chi connectivity index (χ1n) is 7.44. The number of aryl methyl sites for hydroxylation is 1. The molecule has 0 saturated carbocycles. The van der Waals surface area contributed by atoms with E-state index in [0.29, 0.717) is 22.5 Å². The van der Waals surface area contributed by atoms with Crippen molar-refractivity contribution in [3.63, 3.8) is 0 Å². The number of H-pyrrole nitrogens is 1. The minimum atomic E-state index is -0.254. The number of aromatic amines is 1. The maximum absolute atomic E-state index is 12.0. The molecule has 2 heterocycles. The second kappa shape index (κ2) is 6.48. The average Bonchev–Trinajstić information content (AvgIpc) is 3.07. The number of carbonyl (C=O) groups excluding carboxylic acids is 1. The number of rotatable bonds is 5. The van der Waals surface area contributed by atoms with E-state index in [2.05, 4.69) is 15.3 Å². The van der Waals surface area contributed by atoms with Crippen LogP contribution in [0, 0.1) is 0 Å². The van der Waals surface area contributed by atoms with E-state index in [-0.39, 0.29) is 30.3 Å². The first-order chi connectivity index (χ1) is 11.1. The summed E-state index contributed by atoms with van der Waals surface area (Å²) in [6.45, 7) is 1.85. The van der Waals surface area contributed by atoms with Gasteiger partial charge in [-0.25, -0.2) is 4.98 Å². The first-order valence-corrected chi connectivity index (χ1v) is 7.44. The van der Waals surface area contributed by atoms with Crippen molar-refractivity contribution in [3.05, 3.63) is 64.5 Å². The maximum Gasteiger partial charge on any atom is 0.270 e. The molecule has 0 aliphatic carbocycles. The molecule has 118 valence electrons. The van der Waals surface area contributed by atoms with Crippen molar-refractivity contribution < 1.29 is 9.21 Å². The lowest BCUT2D eigenvalue weighted by atomic mass is 10.2. The van der Waals surface area contributed by atoms with E-state index in [9.17, 15) is 9.59 Å². The van der Waals surface area contributed by atoms with Crippen molar-refractivity contribution in [2.45, 2.75) is 25.8 Å². The Labute approximate surface area is 132 Å². The van der Waals surface area contributed by atoms with Crippen LogP contribution in [0.4, 0.5) is 0 Å². The van der Waals surface area contributed by atoms with Gasteiger partial charge in [-0.3, -0.25) is 9.59 Å². The van der Waals surface area contributed by atoms with E-state index in [0.717, 1.165) is 0 Å². The molecule has 2 N–H and O–H groups in total. The van der Waals surface area contributed by atoms with Gasteiger partial charge in [0.2, 0.25) is 5.91 Å². The van der Waals surface area contributed by atoms with Crippen LogP contribution in [0.25, 0.3) is 11.0 Å². The lowest BCUT2D eigenvalue weighted by Crippen LogP contribution is -2.27. The van der Waals surface area contributed by atoms with Crippen LogP contribution in [0.15, 0.2) is 51.9 Å². The summed E-state index contributed by atoms with van der Waals surface area (Å²) in [5.74, 6) is 0.545. The summed E-state index contributed by atoms with van der Waals surface area (Å²) in [5, 5.41) is 2.84. The Hall–Kier alpha value is -2.89. The van der Waals surface area contributed by atoms with Gasteiger partial charge in [0.05, 0.1) is 23.3 Å². The van der Waals surface area contributed by atoms with E-state index in [4.69, 9.17) is 4.42 Å². The molecule has 0 saturated heterocycles. The zero-order valence-electron chi connectivity index (χ0n) is 12.7. The molecule has 1 unspecified atom stereocenters. The summed E-state index contributed by atoms with van der Waals surface area (Å²) in [6.07, 6.45) is 2.05. The second-order valence-corrected chi connectivity index (χ2v) is 5.33. The lowest BCUT2D eigenvalue weighted by molar-refractivity contribution is -0.121. The summed E-state index contributed by atoms with van der Waals surface area (Å²) in [7, 11) is 0. The molecule has 0 aliphatic heterocycles. The number of para-hydroxylation sites is 2. The lowest BCUT2D eigenvalue weighted by Gasteiger charge is -2.11. The number of amides is 1. The van der Waals surface area contributed by atoms with Crippen LogP contribution in [0.2, 0.25) is 0 Å². The number of carbonyl (C=O) groups is 1. The zero-order chi connectivity index (χ0) is 16.2. The van der Waals surface area contributed by atoms with Crippen LogP contribution >= 0.6 is 0 Å². The fraction of sp³-hybridized carbons (Fsp3) is 0.235. The number of nitrogens with one attached hydrogen (secondary N) is 2. The quantitative estimate of drug-likeness (QED) is 0.757. The normalized spacial score (nSPS) is 12.2. The van der Waals surface area contributed by atoms with Crippen LogP contribution in [-0.4, -0.2) is 15.9 Å². The van der Waals surface area contributed by atoms with E-state index < -0.39 is 0 Å². The van der Waals surface area contributed by atoms with Crippen molar-refractivity contribution in [3.8, 4) is 0 Å². The topological polar surface area (TPSA) is 88.0 Å². The number of nitrogens with zero attached hydrogens (tertiary/aromatic N) is 1. The monoisotopic (exact) mass is 311 g/mol. The van der Waals surface area contributed by atoms with Crippen molar-refractivity contribution in [2.24, 2.45) is 0 Å². The smallest absolute Gasteiger partial charge is 0.270 e. The van der Waals surface area contributed by atoms with Gasteiger partial charge in [0.15, 0.2) is 0 Å². The van der Waals surface area contributed by atoms with Gasteiger partial charge < -0.3 is 14.7 Å². The third kappa shape index (κ3) is 3.48. The van der Waals surface area contributed by atoms with Crippen LogP contribution < -0.4 is 10.9 Å². The molecule has 23 heavy (non-hydrogen) atoms. The highest BCUT2D eigenvalue weighted by atomic mass is 16.3. The molecule has 6 nitrogen and oxygen atoms in total. The van der Waals surface area contributed by atoms with Crippen LogP contribution in [0.1, 0.15) is 30.8 Å². The molecule has 3 rings (SSSR count). The summed E-state index contributed by atoms with van der Waals surface area (Å²) < 4.78 is 5.24. The molecule has 6 heteroatoms. The average molecular weight is 311 g/mol. The van der Waals surface area contributed by atoms with E-state index >= 15 is 0 Å². The molecule has 1 atom stereocenters. The maximum atomic E-state index is 12.0. The first kappa shape index (κ1) is 15.0. The van der Waals surface area contributed by atoms with Gasteiger partial charge in [0, 0.05) is 12.8 Å². The van der Waals surface area contributed by atoms with Gasteiger partial charge in [0.25, 0.3) is 5.56 Å². The standard InChI is InChI=1S/C17H17N3O3/c1-11(15-7-4-10-23-15)18-16(21)9-8-14-17(22)20-13-6-3-2-5-12(13)19-14/h2-7,10-11H,8-9H2,1H3,(H,18,21)(H,20,22). The van der Waals surface area contributed by atoms with Gasteiger partial charge in [-0.1, -0.05) is 12.1 Å². The number of benzene rings is 1. The second-order valence-electron chi connectivity index (χ2n) is 5.33. The Morgan fingerprint density at radius 2 is 2.13 bits per heavy atom. The molecule has 0 fully saturated rings. The van der Waals surface area contributed by atoms with Gasteiger partial charge in [-0.15, -0.1) is 0 Å². The summed E-state index contributed by atoms with van der Waals surface area (Å²) in [5.41, 5.74) is 1.52. The molecule has 0 spiro atoms. The number of hydrogen-bond acceptors (Lipinski definition) is 4. The van der Waals surface area contributed by atoms with Crippen molar-refractivity contribution >= 4 is 16.9 Å². The molecule has 0 radical (unpaired) electrons. The summed E-state index contributed by atoms with van der Waals surface area (Å²) >= 11 is 0. The number of furan rings is 1. The third-order valence-electron chi connectivity index (χ3n) is 3.61. The van der Waals surface area contributed by atoms with Gasteiger partial charge in [-0.2, -0.15) is 0 Å². The Morgan fingerprint density at radius 3 is 2.91 bits per heavy atom. The van der Waals surface area contributed by atoms with E-state index in [1.54, 1.807) is 24.5 Å². The minimum Gasteiger partial charge on any atom is -0.467 e. The van der Waals surface area contributed by atoms with Crippen LogP contribution in [0.5, 0.6) is 0 Å². The molecule has 1 aromatic carbocycles. The molecule has 3 aromatic rings. The van der Waals surface area contributed by atoms with Crippen molar-refractivity contribution in [2.75, 3.05) is 0 Å². The van der Waals surface area contributed by atoms with Crippen molar-refractivity contribution in [1.82, 2.24) is 15.3 Å². The molecule has 2 aromatic heterocycles. The molecule has 0 aliphatic rings. The Balaban J connectivity index is 1.65. The summed E-state index contributed by atoms with van der Waals surface area (Å²) in [6, 6.07) is 10.7. The Bertz CT molecular complexity index is 868. The number of aromatic nitrogens is 2. The largest absolute Gasteiger partial charge is 0.467 e. The highest BCUT2D eigenvalue weighted by Gasteiger charge is 2.13.